The summed E-state index contributed by atoms with van der Waals surface area (Å²) in [7, 11) is 0. The number of halogens is 1. The maximum atomic E-state index is 14.0. The molecule has 0 aromatic carbocycles. The number of pyridine rings is 1. The number of likely N-dealkylation sites (tertiary alicyclic amines) is 1. The SMILES string of the molecule is Cc1ccc(C(=O)NC[C@@H]2C[C@H](F)CN2Cc2c(C)noc2C)c(=O)[nH]1. The lowest BCUT2D eigenvalue weighted by atomic mass is 10.1. The Kier molecular flexibility index (Phi) is 5.22. The zero-order valence-electron chi connectivity index (χ0n) is 15.1. The van der Waals surface area contributed by atoms with Crippen LogP contribution in [0.15, 0.2) is 21.5 Å². The predicted octanol–water partition coefficient (Wildman–Crippen LogP) is 1.63. The Balaban J connectivity index is 1.65. The van der Waals surface area contributed by atoms with Gasteiger partial charge >= 0.3 is 0 Å². The molecule has 0 bridgehead atoms. The highest BCUT2D eigenvalue weighted by Crippen LogP contribution is 2.24. The van der Waals surface area contributed by atoms with E-state index in [1.807, 2.05) is 18.7 Å². The van der Waals surface area contributed by atoms with E-state index in [1.54, 1.807) is 13.0 Å². The van der Waals surface area contributed by atoms with E-state index in [0.717, 1.165) is 17.0 Å². The normalized spacial score (nSPS) is 20.5. The zero-order chi connectivity index (χ0) is 18.8. The Morgan fingerprint density at radius 1 is 1.42 bits per heavy atom. The van der Waals surface area contributed by atoms with Crippen LogP contribution in [0.1, 0.15) is 39.5 Å². The molecule has 8 heteroatoms. The van der Waals surface area contributed by atoms with E-state index in [2.05, 4.69) is 15.5 Å². The maximum Gasteiger partial charge on any atom is 0.260 e. The van der Waals surface area contributed by atoms with E-state index in [9.17, 15) is 14.0 Å². The number of rotatable bonds is 5. The lowest BCUT2D eigenvalue weighted by Gasteiger charge is -2.24. The average molecular weight is 362 g/mol. The molecular formula is C18H23FN4O3. The Bertz CT molecular complexity index is 841. The fourth-order valence-corrected chi connectivity index (χ4v) is 3.32. The average Bonchev–Trinajstić information content (AvgIpc) is 3.09. The first kappa shape index (κ1) is 18.3. The molecule has 1 fully saturated rings. The second-order valence-corrected chi connectivity index (χ2v) is 6.81. The van der Waals surface area contributed by atoms with Crippen LogP contribution in [0, 0.1) is 20.8 Å². The first-order valence-corrected chi connectivity index (χ1v) is 8.63. The number of hydrogen-bond acceptors (Lipinski definition) is 5. The van der Waals surface area contributed by atoms with Crippen molar-refractivity contribution in [3.63, 3.8) is 0 Å². The highest BCUT2D eigenvalue weighted by molar-refractivity contribution is 5.93. The van der Waals surface area contributed by atoms with Crippen molar-refractivity contribution in [1.29, 1.82) is 0 Å². The van der Waals surface area contributed by atoms with Gasteiger partial charge < -0.3 is 14.8 Å². The lowest BCUT2D eigenvalue weighted by Crippen LogP contribution is -2.41. The van der Waals surface area contributed by atoms with Crippen molar-refractivity contribution in [1.82, 2.24) is 20.4 Å². The Hall–Kier alpha value is -2.48. The molecule has 26 heavy (non-hydrogen) atoms. The van der Waals surface area contributed by atoms with E-state index >= 15 is 0 Å². The lowest BCUT2D eigenvalue weighted by molar-refractivity contribution is 0.0938. The van der Waals surface area contributed by atoms with Crippen LogP contribution < -0.4 is 10.9 Å². The summed E-state index contributed by atoms with van der Waals surface area (Å²) >= 11 is 0. The molecule has 1 saturated heterocycles. The molecular weight excluding hydrogens is 339 g/mol. The van der Waals surface area contributed by atoms with Crippen LogP contribution in [-0.2, 0) is 6.54 Å². The van der Waals surface area contributed by atoms with Gasteiger partial charge in [-0.25, -0.2) is 4.39 Å². The van der Waals surface area contributed by atoms with Gasteiger partial charge in [-0.15, -0.1) is 0 Å². The van der Waals surface area contributed by atoms with Crippen molar-refractivity contribution in [2.45, 2.75) is 46.0 Å². The fraction of sp³-hybridized carbons (Fsp3) is 0.500. The van der Waals surface area contributed by atoms with Crippen molar-refractivity contribution >= 4 is 5.91 Å². The zero-order valence-corrected chi connectivity index (χ0v) is 15.1. The molecule has 0 spiro atoms. The summed E-state index contributed by atoms with van der Waals surface area (Å²) in [5, 5.41) is 6.68. The minimum absolute atomic E-state index is 0.0580. The topological polar surface area (TPSA) is 91.2 Å². The molecule has 2 N–H and O–H groups in total. The number of aromatic amines is 1. The van der Waals surface area contributed by atoms with Gasteiger partial charge in [0.1, 0.15) is 17.5 Å². The van der Waals surface area contributed by atoms with Gasteiger partial charge in [0.25, 0.3) is 11.5 Å². The van der Waals surface area contributed by atoms with Gasteiger partial charge in [0.05, 0.1) is 5.69 Å². The largest absolute Gasteiger partial charge is 0.361 e. The molecule has 3 rings (SSSR count). The second-order valence-electron chi connectivity index (χ2n) is 6.81. The van der Waals surface area contributed by atoms with Gasteiger partial charge in [0.15, 0.2) is 0 Å². The first-order chi connectivity index (χ1) is 12.3. The van der Waals surface area contributed by atoms with Gasteiger partial charge in [0.2, 0.25) is 0 Å². The van der Waals surface area contributed by atoms with E-state index in [4.69, 9.17) is 4.52 Å². The van der Waals surface area contributed by atoms with E-state index in [-0.39, 0.29) is 18.2 Å². The van der Waals surface area contributed by atoms with Crippen LogP contribution in [0.2, 0.25) is 0 Å². The summed E-state index contributed by atoms with van der Waals surface area (Å²) in [5.74, 6) is 0.268. The quantitative estimate of drug-likeness (QED) is 0.844. The third-order valence-corrected chi connectivity index (χ3v) is 4.82. The van der Waals surface area contributed by atoms with Gasteiger partial charge in [-0.2, -0.15) is 0 Å². The van der Waals surface area contributed by atoms with Crippen molar-refractivity contribution in [3.05, 3.63) is 50.8 Å². The summed E-state index contributed by atoms with van der Waals surface area (Å²) in [6.07, 6.45) is -0.603. The number of amides is 1. The van der Waals surface area contributed by atoms with Crippen LogP contribution in [0.25, 0.3) is 0 Å². The summed E-state index contributed by atoms with van der Waals surface area (Å²) < 4.78 is 19.1. The van der Waals surface area contributed by atoms with Crippen LogP contribution in [0.3, 0.4) is 0 Å². The van der Waals surface area contributed by atoms with Crippen LogP contribution in [-0.4, -0.2) is 46.3 Å². The molecule has 0 saturated carbocycles. The van der Waals surface area contributed by atoms with Crippen LogP contribution in [0.4, 0.5) is 4.39 Å². The van der Waals surface area contributed by atoms with Crippen molar-refractivity contribution in [2.75, 3.05) is 13.1 Å². The summed E-state index contributed by atoms with van der Waals surface area (Å²) in [6.45, 7) is 6.53. The fourth-order valence-electron chi connectivity index (χ4n) is 3.32. The van der Waals surface area contributed by atoms with Crippen molar-refractivity contribution in [2.24, 2.45) is 0 Å². The molecule has 140 valence electrons. The highest BCUT2D eigenvalue weighted by Gasteiger charge is 2.33. The van der Waals surface area contributed by atoms with Crippen LogP contribution in [0.5, 0.6) is 0 Å². The van der Waals surface area contributed by atoms with E-state index in [1.165, 1.54) is 6.07 Å². The Morgan fingerprint density at radius 3 is 2.85 bits per heavy atom. The summed E-state index contributed by atoms with van der Waals surface area (Å²) in [6, 6.07) is 3.03. The number of nitrogens with zero attached hydrogens (tertiary/aromatic N) is 2. The molecule has 1 aliphatic heterocycles. The Morgan fingerprint density at radius 2 is 2.19 bits per heavy atom. The molecule has 7 nitrogen and oxygen atoms in total. The number of aromatic nitrogens is 2. The minimum atomic E-state index is -0.944. The van der Waals surface area contributed by atoms with E-state index < -0.39 is 17.6 Å². The molecule has 2 aromatic rings. The maximum absolute atomic E-state index is 14.0. The van der Waals surface area contributed by atoms with Gasteiger partial charge in [-0.1, -0.05) is 5.16 Å². The van der Waals surface area contributed by atoms with Crippen molar-refractivity contribution < 1.29 is 13.7 Å². The number of carbonyl (C=O) groups excluding carboxylic acids is 1. The van der Waals surface area contributed by atoms with Crippen molar-refractivity contribution in [3.8, 4) is 0 Å². The molecule has 2 aromatic heterocycles. The molecule has 1 aliphatic rings. The Labute approximate surface area is 150 Å². The monoisotopic (exact) mass is 362 g/mol. The van der Waals surface area contributed by atoms with E-state index in [0.29, 0.717) is 25.2 Å². The van der Waals surface area contributed by atoms with Gasteiger partial charge in [-0.05, 0) is 39.3 Å². The highest BCUT2D eigenvalue weighted by atomic mass is 19.1. The second kappa shape index (κ2) is 7.41. The van der Waals surface area contributed by atoms with Gasteiger partial charge in [-0.3, -0.25) is 14.5 Å². The molecule has 0 radical (unpaired) electrons. The smallest absolute Gasteiger partial charge is 0.260 e. The predicted molar refractivity (Wildman–Crippen MR) is 93.8 cm³/mol. The summed E-state index contributed by atoms with van der Waals surface area (Å²) in [4.78, 5) is 28.7. The first-order valence-electron chi connectivity index (χ1n) is 8.63. The third-order valence-electron chi connectivity index (χ3n) is 4.82. The summed E-state index contributed by atoms with van der Waals surface area (Å²) in [5.41, 5.74) is 2.06. The number of carbonyl (C=O) groups is 1. The number of alkyl halides is 1. The molecule has 3 heterocycles. The third kappa shape index (κ3) is 3.85. The van der Waals surface area contributed by atoms with Gasteiger partial charge in [0, 0.05) is 36.9 Å². The number of H-pyrrole nitrogens is 1. The molecule has 0 unspecified atom stereocenters. The number of aryl methyl sites for hydroxylation is 3. The number of nitrogens with one attached hydrogen (secondary N) is 2. The van der Waals surface area contributed by atoms with Crippen LogP contribution >= 0.6 is 0 Å². The standard InChI is InChI=1S/C18H23FN4O3/c1-10-4-5-15(18(25)21-10)17(24)20-7-14-6-13(19)8-23(14)9-16-11(2)22-26-12(16)3/h4-5,13-14H,6-9H2,1-3H3,(H,20,24)(H,21,25)/t13-,14-/m0/s1. The molecule has 0 aliphatic carbocycles. The number of hydrogen-bond donors (Lipinski definition) is 2. The molecule has 2 atom stereocenters. The minimum Gasteiger partial charge on any atom is -0.361 e. The molecule has 1 amide bonds.